The van der Waals surface area contributed by atoms with E-state index in [0.717, 1.165) is 41.1 Å². The lowest BCUT2D eigenvalue weighted by Crippen LogP contribution is -2.36. The molecule has 4 aromatic rings. The SMILES string of the molecule is COCCn1cnc2c(N3CCOCC3)cc(-n3nc(-c4cccc(C)c4)nc3CNC(=O)OC(C)(C)C)nc21. The zero-order chi connectivity index (χ0) is 28.3. The molecular formula is C28H36N8O4. The number of benzene rings is 1. The molecule has 212 valence electrons. The summed E-state index contributed by atoms with van der Waals surface area (Å²) in [6.07, 6.45) is 1.25. The maximum absolute atomic E-state index is 12.5. The predicted octanol–water partition coefficient (Wildman–Crippen LogP) is 3.50. The van der Waals surface area contributed by atoms with Gasteiger partial charge in [-0.3, -0.25) is 0 Å². The van der Waals surface area contributed by atoms with Crippen LogP contribution in [-0.2, 0) is 27.3 Å². The summed E-state index contributed by atoms with van der Waals surface area (Å²) in [5, 5.41) is 7.68. The number of fused-ring (bicyclic) bond motifs is 1. The second-order valence-electron chi connectivity index (χ2n) is 10.7. The average Bonchev–Trinajstić information content (AvgIpc) is 3.54. The van der Waals surface area contributed by atoms with Crippen molar-refractivity contribution in [2.24, 2.45) is 0 Å². The molecule has 0 saturated carbocycles. The number of pyridine rings is 1. The lowest BCUT2D eigenvalue weighted by Gasteiger charge is -2.29. The number of methoxy groups -OCH3 is 1. The summed E-state index contributed by atoms with van der Waals surface area (Å²) in [7, 11) is 1.67. The van der Waals surface area contributed by atoms with Gasteiger partial charge in [-0.2, -0.15) is 4.68 Å². The maximum Gasteiger partial charge on any atom is 0.408 e. The van der Waals surface area contributed by atoms with Gasteiger partial charge in [0.2, 0.25) is 0 Å². The van der Waals surface area contributed by atoms with Gasteiger partial charge in [-0.05, 0) is 33.8 Å². The van der Waals surface area contributed by atoms with Gasteiger partial charge in [0, 0.05) is 38.4 Å². The Morgan fingerprint density at radius 3 is 2.67 bits per heavy atom. The number of morpholine rings is 1. The minimum absolute atomic E-state index is 0.100. The van der Waals surface area contributed by atoms with Crippen LogP contribution in [0.4, 0.5) is 10.5 Å². The van der Waals surface area contributed by atoms with E-state index in [2.05, 4.69) is 10.2 Å². The van der Waals surface area contributed by atoms with E-state index in [-0.39, 0.29) is 6.54 Å². The second-order valence-corrected chi connectivity index (χ2v) is 10.7. The molecule has 0 atom stereocenters. The largest absolute Gasteiger partial charge is 0.444 e. The van der Waals surface area contributed by atoms with Gasteiger partial charge in [-0.1, -0.05) is 23.8 Å². The molecule has 1 N–H and O–H groups in total. The number of rotatable bonds is 8. The van der Waals surface area contributed by atoms with Crippen molar-refractivity contribution in [2.75, 3.05) is 44.9 Å². The van der Waals surface area contributed by atoms with Gasteiger partial charge in [-0.25, -0.2) is 19.7 Å². The highest BCUT2D eigenvalue weighted by atomic mass is 16.6. The van der Waals surface area contributed by atoms with E-state index < -0.39 is 11.7 Å². The van der Waals surface area contributed by atoms with E-state index in [4.69, 9.17) is 34.3 Å². The summed E-state index contributed by atoms with van der Waals surface area (Å²) in [6.45, 7) is 11.5. The van der Waals surface area contributed by atoms with E-state index >= 15 is 0 Å². The Hall–Kier alpha value is -4.03. The number of anilines is 1. The molecule has 1 aliphatic heterocycles. The fraction of sp³-hybridized carbons (Fsp3) is 0.464. The minimum atomic E-state index is -0.620. The van der Waals surface area contributed by atoms with Crippen LogP contribution in [-0.4, -0.2) is 81.0 Å². The Kier molecular flexibility index (Phi) is 7.99. The fourth-order valence-electron chi connectivity index (χ4n) is 4.53. The highest BCUT2D eigenvalue weighted by Gasteiger charge is 2.23. The van der Waals surface area contributed by atoms with Crippen molar-refractivity contribution in [2.45, 2.75) is 46.4 Å². The number of aromatic nitrogens is 6. The molecule has 0 spiro atoms. The van der Waals surface area contributed by atoms with Crippen molar-refractivity contribution in [1.29, 1.82) is 0 Å². The number of amides is 1. The van der Waals surface area contributed by atoms with E-state index in [1.807, 2.05) is 62.6 Å². The fourth-order valence-corrected chi connectivity index (χ4v) is 4.53. The third-order valence-corrected chi connectivity index (χ3v) is 6.38. The monoisotopic (exact) mass is 548 g/mol. The Morgan fingerprint density at radius 2 is 1.95 bits per heavy atom. The van der Waals surface area contributed by atoms with Crippen LogP contribution in [0.1, 0.15) is 32.2 Å². The summed E-state index contributed by atoms with van der Waals surface area (Å²) in [6, 6.07) is 9.97. The van der Waals surface area contributed by atoms with Crippen molar-refractivity contribution in [3.63, 3.8) is 0 Å². The van der Waals surface area contributed by atoms with Gasteiger partial charge in [0.25, 0.3) is 0 Å². The Balaban J connectivity index is 1.61. The standard InChI is InChI=1S/C28H36N8O4/c1-19-7-6-8-20(15-19)25-31-23(17-29-27(37)40-28(2,3)4)36(33-25)22-16-21(34-10-13-39-14-11-34)24-26(32-22)35(18-30-24)9-12-38-5/h6-8,15-16,18H,9-14,17H2,1-5H3,(H,29,37). The molecule has 5 rings (SSSR count). The number of carbonyl (C=O) groups is 1. The molecule has 1 amide bonds. The van der Waals surface area contributed by atoms with Crippen molar-refractivity contribution in [3.05, 3.63) is 48.0 Å². The summed E-state index contributed by atoms with van der Waals surface area (Å²) in [5.41, 5.74) is 3.81. The maximum atomic E-state index is 12.5. The average molecular weight is 549 g/mol. The Bertz CT molecular complexity index is 1480. The van der Waals surface area contributed by atoms with Crippen molar-refractivity contribution < 1.29 is 19.0 Å². The topological polar surface area (TPSA) is 121 Å². The smallest absolute Gasteiger partial charge is 0.408 e. The number of aryl methyl sites for hydroxylation is 1. The van der Waals surface area contributed by atoms with Gasteiger partial charge in [0.1, 0.15) is 11.1 Å². The zero-order valence-electron chi connectivity index (χ0n) is 23.7. The first-order valence-corrected chi connectivity index (χ1v) is 13.4. The third-order valence-electron chi connectivity index (χ3n) is 6.38. The Labute approximate surface area is 233 Å². The number of hydrogen-bond acceptors (Lipinski definition) is 9. The van der Waals surface area contributed by atoms with Gasteiger partial charge in [0.15, 0.2) is 23.1 Å². The molecule has 0 radical (unpaired) electrons. The van der Waals surface area contributed by atoms with Gasteiger partial charge in [-0.15, -0.1) is 5.10 Å². The van der Waals surface area contributed by atoms with Gasteiger partial charge in [0.05, 0.1) is 38.4 Å². The second kappa shape index (κ2) is 11.6. The minimum Gasteiger partial charge on any atom is -0.444 e. The molecule has 0 bridgehead atoms. The molecule has 1 fully saturated rings. The highest BCUT2D eigenvalue weighted by molar-refractivity contribution is 5.87. The number of alkyl carbamates (subject to hydrolysis) is 1. The normalized spacial score (nSPS) is 14.1. The highest BCUT2D eigenvalue weighted by Crippen LogP contribution is 2.29. The Morgan fingerprint density at radius 1 is 1.15 bits per heavy atom. The van der Waals surface area contributed by atoms with Crippen LogP contribution in [0.2, 0.25) is 0 Å². The van der Waals surface area contributed by atoms with E-state index in [1.54, 1.807) is 18.1 Å². The van der Waals surface area contributed by atoms with Crippen LogP contribution in [0.25, 0.3) is 28.4 Å². The van der Waals surface area contributed by atoms with Crippen LogP contribution in [0.15, 0.2) is 36.7 Å². The zero-order valence-corrected chi connectivity index (χ0v) is 23.7. The van der Waals surface area contributed by atoms with Crippen LogP contribution in [0.5, 0.6) is 0 Å². The number of imidazole rings is 1. The first-order chi connectivity index (χ1) is 19.2. The van der Waals surface area contributed by atoms with E-state index in [1.165, 1.54) is 0 Å². The molecular weight excluding hydrogens is 512 g/mol. The first kappa shape index (κ1) is 27.5. The van der Waals surface area contributed by atoms with Gasteiger partial charge < -0.3 is 29.0 Å². The molecule has 1 aliphatic rings. The summed E-state index contributed by atoms with van der Waals surface area (Å²) in [4.78, 5) is 29.3. The van der Waals surface area contributed by atoms with E-state index in [0.29, 0.717) is 43.8 Å². The molecule has 40 heavy (non-hydrogen) atoms. The summed E-state index contributed by atoms with van der Waals surface area (Å²) in [5.74, 6) is 1.62. The third kappa shape index (κ3) is 6.23. The molecule has 1 saturated heterocycles. The van der Waals surface area contributed by atoms with Crippen molar-refractivity contribution >= 4 is 22.9 Å². The number of carbonyl (C=O) groups excluding carboxylic acids is 1. The summed E-state index contributed by atoms with van der Waals surface area (Å²) < 4.78 is 20.0. The van der Waals surface area contributed by atoms with Crippen LogP contribution >= 0.6 is 0 Å². The lowest BCUT2D eigenvalue weighted by atomic mass is 10.1. The quantitative estimate of drug-likeness (QED) is 0.353. The molecule has 1 aromatic carbocycles. The van der Waals surface area contributed by atoms with Crippen molar-refractivity contribution in [3.8, 4) is 17.2 Å². The molecule has 0 unspecified atom stereocenters. The lowest BCUT2D eigenvalue weighted by molar-refractivity contribution is 0.0522. The summed E-state index contributed by atoms with van der Waals surface area (Å²) >= 11 is 0. The first-order valence-electron chi connectivity index (χ1n) is 13.4. The van der Waals surface area contributed by atoms with Crippen LogP contribution < -0.4 is 10.2 Å². The van der Waals surface area contributed by atoms with Crippen LogP contribution in [0.3, 0.4) is 0 Å². The van der Waals surface area contributed by atoms with Gasteiger partial charge >= 0.3 is 6.09 Å². The molecule has 0 aliphatic carbocycles. The number of ether oxygens (including phenoxy) is 3. The molecule has 4 heterocycles. The van der Waals surface area contributed by atoms with E-state index in [9.17, 15) is 4.79 Å². The number of nitrogens with one attached hydrogen (secondary N) is 1. The molecule has 3 aromatic heterocycles. The predicted molar refractivity (Wildman–Crippen MR) is 151 cm³/mol. The van der Waals surface area contributed by atoms with Crippen molar-refractivity contribution in [1.82, 2.24) is 34.6 Å². The van der Waals surface area contributed by atoms with Crippen LogP contribution in [0, 0.1) is 6.92 Å². The number of nitrogens with zero attached hydrogens (tertiary/aromatic N) is 7. The molecule has 12 nitrogen and oxygen atoms in total. The number of hydrogen-bond donors (Lipinski definition) is 1. The molecule has 12 heteroatoms.